The lowest BCUT2D eigenvalue weighted by Crippen LogP contribution is -2.25. The molecule has 1 rings (SSSR count). The Labute approximate surface area is 95.4 Å². The molecule has 0 saturated carbocycles. The Morgan fingerprint density at radius 3 is 2.50 bits per heavy atom. The van der Waals surface area contributed by atoms with Crippen molar-refractivity contribution >= 4 is 11.7 Å². The Kier molecular flexibility index (Phi) is 4.22. The number of nitrogens with zero attached hydrogens (tertiary/aromatic N) is 2. The van der Waals surface area contributed by atoms with Gasteiger partial charge in [-0.15, -0.1) is 10.2 Å². The summed E-state index contributed by atoms with van der Waals surface area (Å²) >= 11 is 0. The molecule has 1 heterocycles. The van der Waals surface area contributed by atoms with Crippen LogP contribution in [-0.4, -0.2) is 22.1 Å². The number of nitrogens with one attached hydrogen (secondary N) is 1. The number of aromatic nitrogens is 2. The number of rotatable bonds is 5. The Morgan fingerprint density at radius 2 is 2.12 bits per heavy atom. The van der Waals surface area contributed by atoms with Crippen LogP contribution < -0.4 is 11.1 Å². The highest BCUT2D eigenvalue weighted by Gasteiger charge is 2.11. The molecule has 0 spiro atoms. The first-order valence-corrected chi connectivity index (χ1v) is 5.44. The molecular weight excluding hydrogens is 204 g/mol. The molecule has 0 radical (unpaired) electrons. The second-order valence-electron chi connectivity index (χ2n) is 4.07. The lowest BCUT2D eigenvalue weighted by molar-refractivity contribution is 0.0994. The molecule has 0 aliphatic rings. The zero-order valence-corrected chi connectivity index (χ0v) is 9.90. The van der Waals surface area contributed by atoms with E-state index in [2.05, 4.69) is 36.3 Å². The van der Waals surface area contributed by atoms with E-state index in [0.717, 1.165) is 6.42 Å². The van der Waals surface area contributed by atoms with Gasteiger partial charge in [-0.1, -0.05) is 20.8 Å². The Morgan fingerprint density at radius 1 is 1.44 bits per heavy atom. The first-order chi connectivity index (χ1) is 7.54. The minimum atomic E-state index is -0.560. The van der Waals surface area contributed by atoms with Gasteiger partial charge in [-0.3, -0.25) is 4.79 Å². The highest BCUT2D eigenvalue weighted by molar-refractivity contribution is 5.90. The van der Waals surface area contributed by atoms with Crippen LogP contribution in [0, 0.1) is 5.92 Å². The summed E-state index contributed by atoms with van der Waals surface area (Å²) in [4.78, 5) is 10.8. The molecule has 1 aromatic heterocycles. The molecule has 0 bridgehead atoms. The van der Waals surface area contributed by atoms with Crippen molar-refractivity contribution in [1.29, 1.82) is 0 Å². The largest absolute Gasteiger partial charge is 0.366 e. The molecule has 5 heteroatoms. The molecule has 1 unspecified atom stereocenters. The number of amides is 1. The van der Waals surface area contributed by atoms with Crippen LogP contribution in [0.2, 0.25) is 0 Å². The lowest BCUT2D eigenvalue weighted by atomic mass is 10.0. The van der Waals surface area contributed by atoms with Crippen LogP contribution in [0.3, 0.4) is 0 Å². The lowest BCUT2D eigenvalue weighted by Gasteiger charge is -2.20. The third-order valence-corrected chi connectivity index (χ3v) is 2.49. The highest BCUT2D eigenvalue weighted by Crippen LogP contribution is 2.12. The molecule has 0 saturated heterocycles. The highest BCUT2D eigenvalue weighted by atomic mass is 16.1. The fraction of sp³-hybridized carbons (Fsp3) is 0.545. The monoisotopic (exact) mass is 222 g/mol. The summed E-state index contributed by atoms with van der Waals surface area (Å²) < 4.78 is 0. The smallest absolute Gasteiger partial charge is 0.269 e. The van der Waals surface area contributed by atoms with Crippen molar-refractivity contribution in [2.75, 3.05) is 5.32 Å². The first kappa shape index (κ1) is 12.4. The Hall–Kier alpha value is -1.65. The van der Waals surface area contributed by atoms with Gasteiger partial charge in [0.1, 0.15) is 5.82 Å². The van der Waals surface area contributed by atoms with E-state index in [0.29, 0.717) is 17.8 Å². The van der Waals surface area contributed by atoms with Gasteiger partial charge in [0, 0.05) is 6.04 Å². The quantitative estimate of drug-likeness (QED) is 0.789. The number of carbonyl (C=O) groups is 1. The minimum absolute atomic E-state index is 0.183. The number of carbonyl (C=O) groups excluding carboxylic acids is 1. The molecule has 0 aliphatic heterocycles. The molecule has 1 aromatic rings. The van der Waals surface area contributed by atoms with Gasteiger partial charge in [-0.2, -0.15) is 0 Å². The van der Waals surface area contributed by atoms with Gasteiger partial charge in [0.05, 0.1) is 0 Å². The third-order valence-electron chi connectivity index (χ3n) is 2.49. The SMILES string of the molecule is CCC(Nc1ccc(C(N)=O)nn1)C(C)C. The summed E-state index contributed by atoms with van der Waals surface area (Å²) in [5, 5.41) is 10.9. The zero-order valence-electron chi connectivity index (χ0n) is 9.90. The standard InChI is InChI=1S/C11H18N4O/c1-4-8(7(2)3)13-10-6-5-9(11(12)16)14-15-10/h5-8H,4H2,1-3H3,(H2,12,16)(H,13,15). The summed E-state index contributed by atoms with van der Waals surface area (Å²) in [6.45, 7) is 6.40. The molecule has 1 atom stereocenters. The summed E-state index contributed by atoms with van der Waals surface area (Å²) in [5.74, 6) is 0.628. The van der Waals surface area contributed by atoms with E-state index >= 15 is 0 Å². The minimum Gasteiger partial charge on any atom is -0.366 e. The molecule has 1 amide bonds. The third kappa shape index (κ3) is 3.18. The number of hydrogen-bond donors (Lipinski definition) is 2. The second-order valence-corrected chi connectivity index (χ2v) is 4.07. The first-order valence-electron chi connectivity index (χ1n) is 5.44. The van der Waals surface area contributed by atoms with Crippen LogP contribution in [0.4, 0.5) is 5.82 Å². The van der Waals surface area contributed by atoms with Gasteiger partial charge in [0.25, 0.3) is 5.91 Å². The van der Waals surface area contributed by atoms with Crippen LogP contribution in [-0.2, 0) is 0 Å². The molecule has 0 aliphatic carbocycles. The summed E-state index contributed by atoms with van der Waals surface area (Å²) in [7, 11) is 0. The van der Waals surface area contributed by atoms with Crippen molar-refractivity contribution in [1.82, 2.24) is 10.2 Å². The van der Waals surface area contributed by atoms with Gasteiger partial charge in [-0.25, -0.2) is 0 Å². The second kappa shape index (κ2) is 5.44. The summed E-state index contributed by atoms with van der Waals surface area (Å²) in [5.41, 5.74) is 5.26. The van der Waals surface area contributed by atoms with Crippen molar-refractivity contribution in [2.24, 2.45) is 11.7 Å². The van der Waals surface area contributed by atoms with Crippen LogP contribution in [0.5, 0.6) is 0 Å². The number of primary amides is 1. The van der Waals surface area contributed by atoms with Crippen LogP contribution in [0.25, 0.3) is 0 Å². The van der Waals surface area contributed by atoms with Gasteiger partial charge in [0.2, 0.25) is 0 Å². The molecule has 5 nitrogen and oxygen atoms in total. The number of nitrogens with two attached hydrogens (primary N) is 1. The van der Waals surface area contributed by atoms with Gasteiger partial charge in [0.15, 0.2) is 5.69 Å². The van der Waals surface area contributed by atoms with Crippen LogP contribution in [0.15, 0.2) is 12.1 Å². The maximum absolute atomic E-state index is 10.8. The fourth-order valence-corrected chi connectivity index (χ4v) is 1.47. The molecule has 0 aromatic carbocycles. The van der Waals surface area contributed by atoms with E-state index in [4.69, 9.17) is 5.73 Å². The van der Waals surface area contributed by atoms with Gasteiger partial charge >= 0.3 is 0 Å². The number of hydrogen-bond acceptors (Lipinski definition) is 4. The normalized spacial score (nSPS) is 12.5. The van der Waals surface area contributed by atoms with E-state index in [9.17, 15) is 4.79 Å². The van der Waals surface area contributed by atoms with E-state index in [1.54, 1.807) is 12.1 Å². The van der Waals surface area contributed by atoms with Gasteiger partial charge in [-0.05, 0) is 24.5 Å². The molecule has 88 valence electrons. The van der Waals surface area contributed by atoms with Crippen LogP contribution in [0.1, 0.15) is 37.7 Å². The predicted octanol–water partition coefficient (Wildman–Crippen LogP) is 1.42. The average molecular weight is 222 g/mol. The van der Waals surface area contributed by atoms with Crippen molar-refractivity contribution in [3.63, 3.8) is 0 Å². The zero-order chi connectivity index (χ0) is 12.1. The maximum atomic E-state index is 10.8. The van der Waals surface area contributed by atoms with Crippen molar-refractivity contribution in [2.45, 2.75) is 33.2 Å². The van der Waals surface area contributed by atoms with Gasteiger partial charge < -0.3 is 11.1 Å². The van der Waals surface area contributed by atoms with E-state index < -0.39 is 5.91 Å². The maximum Gasteiger partial charge on any atom is 0.269 e. The Balaban J connectivity index is 2.71. The Bertz CT molecular complexity index is 348. The van der Waals surface area contributed by atoms with Crippen molar-refractivity contribution < 1.29 is 4.79 Å². The molecule has 0 fully saturated rings. The predicted molar refractivity (Wildman–Crippen MR) is 63.1 cm³/mol. The molecule has 3 N–H and O–H groups in total. The van der Waals surface area contributed by atoms with E-state index in [1.807, 2.05) is 0 Å². The van der Waals surface area contributed by atoms with Crippen LogP contribution >= 0.6 is 0 Å². The fourth-order valence-electron chi connectivity index (χ4n) is 1.47. The van der Waals surface area contributed by atoms with Crippen molar-refractivity contribution in [3.05, 3.63) is 17.8 Å². The summed E-state index contributed by atoms with van der Waals surface area (Å²) in [6, 6.07) is 3.65. The molecular formula is C11H18N4O. The number of anilines is 1. The van der Waals surface area contributed by atoms with Crippen molar-refractivity contribution in [3.8, 4) is 0 Å². The average Bonchev–Trinajstić information content (AvgIpc) is 2.26. The molecule has 16 heavy (non-hydrogen) atoms. The van der Waals surface area contributed by atoms with E-state index in [1.165, 1.54) is 0 Å². The summed E-state index contributed by atoms with van der Waals surface area (Å²) in [6.07, 6.45) is 1.01. The topological polar surface area (TPSA) is 80.9 Å². The van der Waals surface area contributed by atoms with E-state index in [-0.39, 0.29) is 5.69 Å².